The fourth-order valence-electron chi connectivity index (χ4n) is 4.76. The number of hydrogen-bond acceptors (Lipinski definition) is 4. The molecule has 1 unspecified atom stereocenters. The van der Waals surface area contributed by atoms with Crippen molar-refractivity contribution in [3.63, 3.8) is 0 Å². The number of carbonyl (C=O) groups is 2. The number of nitrogens with one attached hydrogen (secondary N) is 1. The molecular formula is C29H27N5O2. The monoisotopic (exact) mass is 477 g/mol. The van der Waals surface area contributed by atoms with Crippen LogP contribution in [0.15, 0.2) is 91.0 Å². The van der Waals surface area contributed by atoms with Crippen LogP contribution < -0.4 is 11.5 Å². The number of nitrogens with zero attached hydrogens (tertiary/aromatic N) is 2. The fraction of sp³-hybridized carbons (Fsp3) is 0.138. The van der Waals surface area contributed by atoms with Crippen LogP contribution in [0.4, 0.5) is 10.5 Å². The first-order valence-corrected chi connectivity index (χ1v) is 11.7. The number of carbonyl (C=O) groups excluding carboxylic acids is 2. The first-order chi connectivity index (χ1) is 17.3. The smallest absolute Gasteiger partial charge is 0.328 e. The molecule has 1 aliphatic rings. The molecule has 0 bridgehead atoms. The molecule has 180 valence electrons. The van der Waals surface area contributed by atoms with E-state index in [1.807, 2.05) is 72.8 Å². The maximum Gasteiger partial charge on any atom is 0.328 e. The summed E-state index contributed by atoms with van der Waals surface area (Å²) in [6.45, 7) is 2.21. The molecule has 7 heteroatoms. The molecule has 1 heterocycles. The van der Waals surface area contributed by atoms with Crippen LogP contribution in [0.1, 0.15) is 29.2 Å². The van der Waals surface area contributed by atoms with Crippen molar-refractivity contribution in [1.82, 2.24) is 9.80 Å². The number of benzene rings is 4. The number of amidine groups is 1. The maximum atomic E-state index is 13.9. The van der Waals surface area contributed by atoms with Gasteiger partial charge in [-0.1, -0.05) is 66.7 Å². The lowest BCUT2D eigenvalue weighted by Crippen LogP contribution is -2.43. The Morgan fingerprint density at radius 3 is 2.19 bits per heavy atom. The average Bonchev–Trinajstić information content (AvgIpc) is 3.06. The average molecular weight is 478 g/mol. The Morgan fingerprint density at radius 1 is 0.833 bits per heavy atom. The summed E-state index contributed by atoms with van der Waals surface area (Å²) in [6.07, 6.45) is 0. The third-order valence-electron chi connectivity index (χ3n) is 6.88. The van der Waals surface area contributed by atoms with E-state index >= 15 is 0 Å². The van der Waals surface area contributed by atoms with E-state index in [2.05, 4.69) is 0 Å². The van der Waals surface area contributed by atoms with Gasteiger partial charge in [-0.05, 0) is 58.7 Å². The van der Waals surface area contributed by atoms with Crippen molar-refractivity contribution in [2.75, 3.05) is 5.73 Å². The molecule has 0 spiro atoms. The molecule has 1 atom stereocenters. The zero-order valence-corrected chi connectivity index (χ0v) is 19.9. The van der Waals surface area contributed by atoms with Gasteiger partial charge in [0.1, 0.15) is 11.4 Å². The Balaban J connectivity index is 1.52. The lowest BCUT2D eigenvalue weighted by molar-refractivity contribution is -0.133. The van der Waals surface area contributed by atoms with Crippen molar-refractivity contribution in [2.45, 2.75) is 25.6 Å². The lowest BCUT2D eigenvalue weighted by Gasteiger charge is -2.32. The Kier molecular flexibility index (Phi) is 5.68. The summed E-state index contributed by atoms with van der Waals surface area (Å²) in [5.41, 5.74) is 14.1. The largest absolute Gasteiger partial charge is 0.399 e. The van der Waals surface area contributed by atoms with Gasteiger partial charge in [-0.3, -0.25) is 15.1 Å². The van der Waals surface area contributed by atoms with Crippen molar-refractivity contribution in [3.8, 4) is 0 Å². The van der Waals surface area contributed by atoms with E-state index in [-0.39, 0.29) is 30.9 Å². The third-order valence-corrected chi connectivity index (χ3v) is 6.88. The normalized spacial score (nSPS) is 17.7. The van der Waals surface area contributed by atoms with Gasteiger partial charge in [0.15, 0.2) is 0 Å². The molecule has 0 saturated carbocycles. The van der Waals surface area contributed by atoms with Crippen LogP contribution in [-0.2, 0) is 23.4 Å². The molecule has 7 nitrogen and oxygen atoms in total. The summed E-state index contributed by atoms with van der Waals surface area (Å²) in [4.78, 5) is 30.6. The molecule has 1 aliphatic heterocycles. The number of fused-ring (bicyclic) bond motifs is 1. The second-order valence-electron chi connectivity index (χ2n) is 9.25. The Bertz CT molecular complexity index is 1480. The number of nitrogens with two attached hydrogens (primary N) is 2. The highest BCUT2D eigenvalue weighted by molar-refractivity contribution is 6.07. The van der Waals surface area contributed by atoms with Crippen LogP contribution in [-0.4, -0.2) is 27.6 Å². The van der Waals surface area contributed by atoms with E-state index in [1.54, 1.807) is 30.0 Å². The molecule has 1 fully saturated rings. The van der Waals surface area contributed by atoms with Crippen LogP contribution in [0.25, 0.3) is 10.8 Å². The highest BCUT2D eigenvalue weighted by Crippen LogP contribution is 2.39. The van der Waals surface area contributed by atoms with Crippen molar-refractivity contribution in [3.05, 3.63) is 113 Å². The second-order valence-corrected chi connectivity index (χ2v) is 9.25. The molecule has 0 radical (unpaired) electrons. The van der Waals surface area contributed by atoms with Crippen molar-refractivity contribution < 1.29 is 9.59 Å². The number of imide groups is 1. The van der Waals surface area contributed by atoms with Gasteiger partial charge in [-0.25, -0.2) is 4.79 Å². The third kappa shape index (κ3) is 3.94. The molecule has 5 N–H and O–H groups in total. The summed E-state index contributed by atoms with van der Waals surface area (Å²) < 4.78 is 0. The fourth-order valence-corrected chi connectivity index (χ4v) is 4.76. The minimum absolute atomic E-state index is 0.0101. The van der Waals surface area contributed by atoms with E-state index in [0.29, 0.717) is 11.3 Å². The van der Waals surface area contributed by atoms with Gasteiger partial charge in [0, 0.05) is 17.8 Å². The molecule has 0 aliphatic carbocycles. The zero-order valence-electron chi connectivity index (χ0n) is 19.9. The predicted octanol–water partition coefficient (Wildman–Crippen LogP) is 4.59. The van der Waals surface area contributed by atoms with E-state index in [9.17, 15) is 9.59 Å². The topological polar surface area (TPSA) is 117 Å². The van der Waals surface area contributed by atoms with Gasteiger partial charge in [-0.15, -0.1) is 0 Å². The quantitative estimate of drug-likeness (QED) is 0.163. The molecule has 36 heavy (non-hydrogen) atoms. The van der Waals surface area contributed by atoms with Gasteiger partial charge in [0.05, 0.1) is 6.54 Å². The van der Waals surface area contributed by atoms with E-state index < -0.39 is 5.54 Å². The number of anilines is 1. The lowest BCUT2D eigenvalue weighted by atomic mass is 9.90. The summed E-state index contributed by atoms with van der Waals surface area (Å²) >= 11 is 0. The number of rotatable bonds is 6. The van der Waals surface area contributed by atoms with Gasteiger partial charge >= 0.3 is 6.03 Å². The van der Waals surface area contributed by atoms with Gasteiger partial charge in [0.2, 0.25) is 0 Å². The first kappa shape index (κ1) is 23.1. The zero-order chi connectivity index (χ0) is 25.4. The van der Waals surface area contributed by atoms with Crippen molar-refractivity contribution in [1.29, 1.82) is 5.41 Å². The second kappa shape index (κ2) is 8.85. The standard InChI is InChI=1S/C29H27N5O2/c1-29(24-5-3-2-4-6-24)27(35)33(28(36)34(29)18-19-8-13-25(30)14-9-19)17-20-7-10-21-11-12-22(26(31)32)16-23(21)15-20/h2-16H,17-18,30H2,1H3,(H3,31,32). The summed E-state index contributed by atoms with van der Waals surface area (Å²) in [5.74, 6) is -0.282. The maximum absolute atomic E-state index is 13.9. The molecule has 1 saturated heterocycles. The highest BCUT2D eigenvalue weighted by Gasteiger charge is 2.55. The van der Waals surface area contributed by atoms with Crippen LogP contribution in [0.3, 0.4) is 0 Å². The summed E-state index contributed by atoms with van der Waals surface area (Å²) in [7, 11) is 0. The number of amides is 3. The van der Waals surface area contributed by atoms with E-state index in [1.165, 1.54) is 4.90 Å². The summed E-state index contributed by atoms with van der Waals surface area (Å²) in [6, 6.07) is 27.7. The molecule has 5 rings (SSSR count). The van der Waals surface area contributed by atoms with Crippen LogP contribution in [0, 0.1) is 5.41 Å². The molecule has 4 aromatic rings. The number of hydrogen-bond donors (Lipinski definition) is 3. The molecular weight excluding hydrogens is 450 g/mol. The highest BCUT2D eigenvalue weighted by atomic mass is 16.2. The van der Waals surface area contributed by atoms with Gasteiger partial charge < -0.3 is 16.4 Å². The number of urea groups is 1. The predicted molar refractivity (Wildman–Crippen MR) is 141 cm³/mol. The minimum atomic E-state index is -1.15. The van der Waals surface area contributed by atoms with E-state index in [4.69, 9.17) is 16.9 Å². The van der Waals surface area contributed by atoms with E-state index in [0.717, 1.165) is 27.5 Å². The Labute approximate surface area is 209 Å². The first-order valence-electron chi connectivity index (χ1n) is 11.7. The van der Waals surface area contributed by atoms with Gasteiger partial charge in [0.25, 0.3) is 5.91 Å². The molecule has 4 aromatic carbocycles. The van der Waals surface area contributed by atoms with Crippen LogP contribution in [0.5, 0.6) is 0 Å². The Hall–Kier alpha value is -4.65. The van der Waals surface area contributed by atoms with Crippen LogP contribution >= 0.6 is 0 Å². The minimum Gasteiger partial charge on any atom is -0.399 e. The number of nitrogen functional groups attached to an aromatic ring is 2. The molecule has 3 amide bonds. The SMILES string of the molecule is CC1(c2ccccc2)C(=O)N(Cc2ccc3ccc(C(=N)N)cc3c2)C(=O)N1Cc1ccc(N)cc1. The van der Waals surface area contributed by atoms with Gasteiger partial charge in [-0.2, -0.15) is 0 Å². The van der Waals surface area contributed by atoms with Crippen molar-refractivity contribution >= 4 is 34.2 Å². The van der Waals surface area contributed by atoms with Crippen LogP contribution in [0.2, 0.25) is 0 Å². The molecule has 0 aromatic heterocycles. The Morgan fingerprint density at radius 2 is 1.50 bits per heavy atom. The van der Waals surface area contributed by atoms with Crippen molar-refractivity contribution in [2.24, 2.45) is 5.73 Å². The summed E-state index contributed by atoms with van der Waals surface area (Å²) in [5, 5.41) is 9.60.